The van der Waals surface area contributed by atoms with Gasteiger partial charge in [0, 0.05) is 5.56 Å². The van der Waals surface area contributed by atoms with Crippen LogP contribution in [-0.2, 0) is 9.59 Å². The van der Waals surface area contributed by atoms with Crippen molar-refractivity contribution in [3.05, 3.63) is 81.5 Å². The average Bonchev–Trinajstić information content (AvgIpc) is 3.17. The van der Waals surface area contributed by atoms with E-state index in [1.807, 2.05) is 6.92 Å². The molecule has 0 bridgehead atoms. The van der Waals surface area contributed by atoms with E-state index in [1.165, 1.54) is 6.08 Å². The molecule has 1 N–H and O–H groups in total. The molecule has 6 nitrogen and oxygen atoms in total. The highest BCUT2D eigenvalue weighted by Gasteiger charge is 2.37. The molecular formula is C22H14Cl2N2O4. The monoisotopic (exact) mass is 440 g/mol. The van der Waals surface area contributed by atoms with Crippen LogP contribution in [0.2, 0.25) is 10.0 Å². The Bertz CT molecular complexity index is 1210. The summed E-state index contributed by atoms with van der Waals surface area (Å²) >= 11 is 12.0. The molecule has 2 heterocycles. The number of benzene rings is 2. The third-order valence-electron chi connectivity index (χ3n) is 4.51. The summed E-state index contributed by atoms with van der Waals surface area (Å²) in [6.45, 7) is 1.89. The molecule has 4 amide bonds. The minimum absolute atomic E-state index is 0.217. The zero-order valence-electron chi connectivity index (χ0n) is 15.6. The highest BCUT2D eigenvalue weighted by Crippen LogP contribution is 2.30. The Hall–Kier alpha value is -3.35. The second-order valence-electron chi connectivity index (χ2n) is 6.62. The van der Waals surface area contributed by atoms with Gasteiger partial charge in [0.25, 0.3) is 11.8 Å². The number of nitrogens with zero attached hydrogens (tertiary/aromatic N) is 1. The Kier molecular flexibility index (Phi) is 5.20. The van der Waals surface area contributed by atoms with Crippen LogP contribution < -0.4 is 10.2 Å². The molecule has 4 rings (SSSR count). The number of urea groups is 1. The van der Waals surface area contributed by atoms with E-state index >= 15 is 0 Å². The van der Waals surface area contributed by atoms with Crippen LogP contribution in [-0.4, -0.2) is 17.8 Å². The van der Waals surface area contributed by atoms with Crippen molar-refractivity contribution in [1.29, 1.82) is 0 Å². The normalized spacial score (nSPS) is 15.6. The van der Waals surface area contributed by atoms with Crippen LogP contribution in [0.3, 0.4) is 0 Å². The summed E-state index contributed by atoms with van der Waals surface area (Å²) in [6, 6.07) is 14.3. The van der Waals surface area contributed by atoms with Crippen molar-refractivity contribution in [1.82, 2.24) is 5.32 Å². The summed E-state index contributed by atoms with van der Waals surface area (Å²) in [4.78, 5) is 38.3. The van der Waals surface area contributed by atoms with Crippen LogP contribution in [0.5, 0.6) is 0 Å². The van der Waals surface area contributed by atoms with Crippen LogP contribution in [0, 0.1) is 6.92 Å². The first-order valence-corrected chi connectivity index (χ1v) is 9.62. The first kappa shape index (κ1) is 19.9. The maximum atomic E-state index is 12.9. The SMILES string of the molecule is Cc1ccc(N2C(=O)NC(=O)/C(=C/c3ccc(-c4ccc(Cl)c(Cl)c4)o3)C2=O)cc1. The van der Waals surface area contributed by atoms with Crippen molar-refractivity contribution >= 4 is 52.8 Å². The third kappa shape index (κ3) is 3.75. The number of carbonyl (C=O) groups is 3. The molecule has 1 fully saturated rings. The molecule has 30 heavy (non-hydrogen) atoms. The van der Waals surface area contributed by atoms with Crippen molar-refractivity contribution in [2.45, 2.75) is 6.92 Å². The highest BCUT2D eigenvalue weighted by molar-refractivity contribution is 6.42. The lowest BCUT2D eigenvalue weighted by molar-refractivity contribution is -0.122. The smallest absolute Gasteiger partial charge is 0.335 e. The zero-order valence-corrected chi connectivity index (χ0v) is 17.1. The summed E-state index contributed by atoms with van der Waals surface area (Å²) in [6.07, 6.45) is 1.30. The summed E-state index contributed by atoms with van der Waals surface area (Å²) in [5, 5.41) is 2.97. The summed E-state index contributed by atoms with van der Waals surface area (Å²) in [5.74, 6) is -0.774. The highest BCUT2D eigenvalue weighted by atomic mass is 35.5. The predicted molar refractivity (Wildman–Crippen MR) is 114 cm³/mol. The lowest BCUT2D eigenvalue weighted by Crippen LogP contribution is -2.54. The molecule has 1 aliphatic heterocycles. The minimum atomic E-state index is -0.804. The van der Waals surface area contributed by atoms with Gasteiger partial charge in [-0.15, -0.1) is 0 Å². The van der Waals surface area contributed by atoms with E-state index < -0.39 is 17.8 Å². The molecule has 2 aromatic carbocycles. The number of rotatable bonds is 3. The maximum absolute atomic E-state index is 12.9. The molecule has 0 unspecified atom stereocenters. The minimum Gasteiger partial charge on any atom is -0.457 e. The van der Waals surface area contributed by atoms with Gasteiger partial charge in [-0.05, 0) is 55.5 Å². The molecular weight excluding hydrogens is 427 g/mol. The lowest BCUT2D eigenvalue weighted by Gasteiger charge is -2.26. The fourth-order valence-corrected chi connectivity index (χ4v) is 3.26. The van der Waals surface area contributed by atoms with Gasteiger partial charge in [-0.1, -0.05) is 40.9 Å². The van der Waals surface area contributed by atoms with E-state index in [4.69, 9.17) is 27.6 Å². The number of anilines is 1. The molecule has 1 aromatic heterocycles. The Morgan fingerprint density at radius 3 is 2.37 bits per heavy atom. The first-order valence-electron chi connectivity index (χ1n) is 8.87. The quantitative estimate of drug-likeness (QED) is 0.446. The van der Waals surface area contributed by atoms with Gasteiger partial charge in [-0.2, -0.15) is 0 Å². The number of halogens is 2. The van der Waals surface area contributed by atoms with Crippen LogP contribution in [0.15, 0.2) is 64.6 Å². The number of amides is 4. The molecule has 1 aliphatic rings. The van der Waals surface area contributed by atoms with Gasteiger partial charge in [0.1, 0.15) is 17.1 Å². The van der Waals surface area contributed by atoms with E-state index in [-0.39, 0.29) is 11.3 Å². The third-order valence-corrected chi connectivity index (χ3v) is 5.25. The topological polar surface area (TPSA) is 79.6 Å². The van der Waals surface area contributed by atoms with E-state index in [2.05, 4.69) is 5.32 Å². The van der Waals surface area contributed by atoms with Crippen LogP contribution in [0.4, 0.5) is 10.5 Å². The van der Waals surface area contributed by atoms with E-state index in [0.29, 0.717) is 27.1 Å². The number of nitrogens with one attached hydrogen (secondary N) is 1. The van der Waals surface area contributed by atoms with Crippen molar-refractivity contribution in [2.24, 2.45) is 0 Å². The van der Waals surface area contributed by atoms with Gasteiger partial charge in [0.05, 0.1) is 15.7 Å². The number of barbiturate groups is 1. The molecule has 0 aliphatic carbocycles. The zero-order chi connectivity index (χ0) is 21.4. The average molecular weight is 441 g/mol. The first-order chi connectivity index (χ1) is 14.3. The van der Waals surface area contributed by atoms with Gasteiger partial charge in [-0.25, -0.2) is 9.69 Å². The van der Waals surface area contributed by atoms with Gasteiger partial charge >= 0.3 is 6.03 Å². The largest absolute Gasteiger partial charge is 0.457 e. The van der Waals surface area contributed by atoms with Crippen LogP contribution in [0.25, 0.3) is 17.4 Å². The van der Waals surface area contributed by atoms with Gasteiger partial charge in [0.15, 0.2) is 0 Å². The molecule has 0 radical (unpaired) electrons. The Balaban J connectivity index is 1.67. The Morgan fingerprint density at radius 1 is 0.933 bits per heavy atom. The summed E-state index contributed by atoms with van der Waals surface area (Å²) in [7, 11) is 0. The van der Waals surface area contributed by atoms with Crippen molar-refractivity contribution in [3.8, 4) is 11.3 Å². The number of imide groups is 2. The molecule has 0 spiro atoms. The molecule has 1 saturated heterocycles. The number of furan rings is 1. The van der Waals surface area contributed by atoms with E-state index in [1.54, 1.807) is 54.6 Å². The van der Waals surface area contributed by atoms with Gasteiger partial charge < -0.3 is 4.42 Å². The van der Waals surface area contributed by atoms with Crippen molar-refractivity contribution in [2.75, 3.05) is 4.90 Å². The Morgan fingerprint density at radius 2 is 1.67 bits per heavy atom. The second-order valence-corrected chi connectivity index (χ2v) is 7.44. The van der Waals surface area contributed by atoms with E-state index in [0.717, 1.165) is 10.5 Å². The molecule has 0 saturated carbocycles. The molecule has 0 atom stereocenters. The molecule has 3 aromatic rings. The predicted octanol–water partition coefficient (Wildman–Crippen LogP) is 5.23. The molecule has 150 valence electrons. The second kappa shape index (κ2) is 7.82. The molecule has 8 heteroatoms. The number of hydrogen-bond acceptors (Lipinski definition) is 4. The van der Waals surface area contributed by atoms with Crippen LogP contribution in [0.1, 0.15) is 11.3 Å². The maximum Gasteiger partial charge on any atom is 0.335 e. The fourth-order valence-electron chi connectivity index (χ4n) is 2.96. The van der Waals surface area contributed by atoms with Crippen LogP contribution >= 0.6 is 23.2 Å². The lowest BCUT2D eigenvalue weighted by atomic mass is 10.1. The number of carbonyl (C=O) groups excluding carboxylic acids is 3. The fraction of sp³-hybridized carbons (Fsp3) is 0.0455. The number of aryl methyl sites for hydroxylation is 1. The van der Waals surface area contributed by atoms with E-state index in [9.17, 15) is 14.4 Å². The Labute approximate surface area is 181 Å². The van der Waals surface area contributed by atoms with Crippen molar-refractivity contribution < 1.29 is 18.8 Å². The summed E-state index contributed by atoms with van der Waals surface area (Å²) < 4.78 is 5.73. The van der Waals surface area contributed by atoms with Crippen molar-refractivity contribution in [3.63, 3.8) is 0 Å². The summed E-state index contributed by atoms with van der Waals surface area (Å²) in [5.41, 5.74) is 1.80. The standard InChI is InChI=1S/C22H14Cl2N2O4/c1-12-2-5-14(6-3-12)26-21(28)16(20(27)25-22(26)29)11-15-7-9-19(30-15)13-4-8-17(23)18(24)10-13/h2-11H,1H3,(H,25,27,29)/b16-11-. The van der Waals surface area contributed by atoms with Gasteiger partial charge in [-0.3, -0.25) is 14.9 Å². The number of hydrogen-bond donors (Lipinski definition) is 1. The van der Waals surface area contributed by atoms with Gasteiger partial charge in [0.2, 0.25) is 0 Å².